The number of aromatic hydroxyl groups is 1. The third kappa shape index (κ3) is 2.94. The number of nitrogens with one attached hydrogen (secondary N) is 1. The van der Waals surface area contributed by atoms with Crippen molar-refractivity contribution < 1.29 is 5.11 Å². The first-order chi connectivity index (χ1) is 9.27. The van der Waals surface area contributed by atoms with Crippen molar-refractivity contribution in [2.24, 2.45) is 5.41 Å². The molecule has 0 aliphatic heterocycles. The van der Waals surface area contributed by atoms with Crippen LogP contribution in [0.1, 0.15) is 56.9 Å². The minimum absolute atomic E-state index is 0.415. The maximum atomic E-state index is 9.77. The van der Waals surface area contributed by atoms with Crippen molar-refractivity contribution in [2.75, 3.05) is 0 Å². The van der Waals surface area contributed by atoms with Crippen molar-refractivity contribution in [2.45, 2.75) is 64.0 Å². The summed E-state index contributed by atoms with van der Waals surface area (Å²) in [7, 11) is 0. The van der Waals surface area contributed by atoms with Crippen LogP contribution in [0.5, 0.6) is 5.75 Å². The quantitative estimate of drug-likeness (QED) is 0.860. The number of para-hydroxylation sites is 1. The molecule has 0 amide bonds. The summed E-state index contributed by atoms with van der Waals surface area (Å²) in [6.07, 6.45) is 11.3. The molecule has 0 saturated heterocycles. The largest absolute Gasteiger partial charge is 0.508 e. The van der Waals surface area contributed by atoms with E-state index in [9.17, 15) is 5.11 Å². The first kappa shape index (κ1) is 13.0. The Morgan fingerprint density at radius 1 is 1.05 bits per heavy atom. The molecule has 2 saturated carbocycles. The predicted molar refractivity (Wildman–Crippen MR) is 78.1 cm³/mol. The fourth-order valence-electron chi connectivity index (χ4n) is 3.97. The maximum absolute atomic E-state index is 9.77. The Morgan fingerprint density at radius 2 is 1.74 bits per heavy atom. The minimum Gasteiger partial charge on any atom is -0.508 e. The van der Waals surface area contributed by atoms with Gasteiger partial charge in [-0.15, -0.1) is 0 Å². The molecular formula is C17H25NO. The second kappa shape index (κ2) is 5.54. The molecule has 0 unspecified atom stereocenters. The van der Waals surface area contributed by atoms with E-state index in [1.54, 1.807) is 6.07 Å². The molecule has 0 heterocycles. The standard InChI is InChI=1S/C17H25NO/c19-16-6-2-1-5-14(16)13-18-15-7-11-17(12-8-15)9-3-4-10-17/h1-2,5-6,15,18-19H,3-4,7-13H2. The third-order valence-electron chi connectivity index (χ3n) is 5.28. The number of hydrogen-bond donors (Lipinski definition) is 2. The van der Waals surface area contributed by atoms with Crippen LogP contribution in [-0.4, -0.2) is 11.1 Å². The molecule has 2 heteroatoms. The summed E-state index contributed by atoms with van der Waals surface area (Å²) in [6.45, 7) is 0.796. The summed E-state index contributed by atoms with van der Waals surface area (Å²) in [5, 5.41) is 13.4. The number of phenols is 1. The van der Waals surface area contributed by atoms with Crippen LogP contribution in [0.4, 0.5) is 0 Å². The van der Waals surface area contributed by atoms with Gasteiger partial charge in [-0.3, -0.25) is 0 Å². The average Bonchev–Trinajstić information content (AvgIpc) is 2.88. The molecule has 0 bridgehead atoms. The first-order valence-electron chi connectivity index (χ1n) is 7.78. The molecule has 2 aliphatic carbocycles. The summed E-state index contributed by atoms with van der Waals surface area (Å²) < 4.78 is 0. The van der Waals surface area contributed by atoms with Crippen LogP contribution in [0, 0.1) is 5.41 Å². The van der Waals surface area contributed by atoms with Gasteiger partial charge in [0.25, 0.3) is 0 Å². The molecular weight excluding hydrogens is 234 g/mol. The van der Waals surface area contributed by atoms with Crippen LogP contribution in [0.3, 0.4) is 0 Å². The van der Waals surface area contributed by atoms with E-state index in [1.165, 1.54) is 51.4 Å². The van der Waals surface area contributed by atoms with Gasteiger partial charge in [-0.2, -0.15) is 0 Å². The lowest BCUT2D eigenvalue weighted by Crippen LogP contribution is -2.36. The van der Waals surface area contributed by atoms with Crippen LogP contribution in [0.2, 0.25) is 0 Å². The van der Waals surface area contributed by atoms with Crippen molar-refractivity contribution >= 4 is 0 Å². The Morgan fingerprint density at radius 3 is 2.42 bits per heavy atom. The van der Waals surface area contributed by atoms with Crippen LogP contribution in [0.15, 0.2) is 24.3 Å². The van der Waals surface area contributed by atoms with Gasteiger partial charge in [-0.1, -0.05) is 31.0 Å². The zero-order valence-corrected chi connectivity index (χ0v) is 11.7. The van der Waals surface area contributed by atoms with E-state index in [0.29, 0.717) is 17.2 Å². The van der Waals surface area contributed by atoms with E-state index >= 15 is 0 Å². The van der Waals surface area contributed by atoms with Crippen molar-refractivity contribution in [3.05, 3.63) is 29.8 Å². The molecule has 104 valence electrons. The SMILES string of the molecule is Oc1ccccc1CNC1CCC2(CCCC2)CC1. The van der Waals surface area contributed by atoms with E-state index in [4.69, 9.17) is 0 Å². The Hall–Kier alpha value is -1.02. The molecule has 1 aromatic carbocycles. The number of rotatable bonds is 3. The lowest BCUT2D eigenvalue weighted by Gasteiger charge is -2.37. The maximum Gasteiger partial charge on any atom is 0.120 e. The van der Waals surface area contributed by atoms with Gasteiger partial charge in [0.1, 0.15) is 5.75 Å². The number of hydrogen-bond acceptors (Lipinski definition) is 2. The topological polar surface area (TPSA) is 32.3 Å². The number of benzene rings is 1. The highest BCUT2D eigenvalue weighted by Gasteiger charge is 2.37. The summed E-state index contributed by atoms with van der Waals surface area (Å²) in [4.78, 5) is 0. The van der Waals surface area contributed by atoms with E-state index in [2.05, 4.69) is 5.32 Å². The second-order valence-electron chi connectivity index (χ2n) is 6.49. The highest BCUT2D eigenvalue weighted by molar-refractivity contribution is 5.31. The van der Waals surface area contributed by atoms with Crippen LogP contribution in [-0.2, 0) is 6.54 Å². The molecule has 2 N–H and O–H groups in total. The van der Waals surface area contributed by atoms with Crippen molar-refractivity contribution in [1.82, 2.24) is 5.32 Å². The zero-order valence-electron chi connectivity index (χ0n) is 11.7. The van der Waals surface area contributed by atoms with E-state index in [1.807, 2.05) is 18.2 Å². The lowest BCUT2D eigenvalue weighted by molar-refractivity contribution is 0.168. The van der Waals surface area contributed by atoms with Gasteiger partial charge in [0.2, 0.25) is 0 Å². The Bertz CT molecular complexity index is 413. The van der Waals surface area contributed by atoms with Crippen molar-refractivity contribution in [1.29, 1.82) is 0 Å². The fourth-order valence-corrected chi connectivity index (χ4v) is 3.97. The van der Waals surface area contributed by atoms with E-state index in [-0.39, 0.29) is 0 Å². The molecule has 2 aliphatic rings. The Balaban J connectivity index is 1.49. The molecule has 3 rings (SSSR count). The minimum atomic E-state index is 0.415. The summed E-state index contributed by atoms with van der Waals surface area (Å²) in [5.41, 5.74) is 1.73. The predicted octanol–water partition coefficient (Wildman–Crippen LogP) is 3.98. The fraction of sp³-hybridized carbons (Fsp3) is 0.647. The van der Waals surface area contributed by atoms with Gasteiger partial charge in [0, 0.05) is 18.2 Å². The highest BCUT2D eigenvalue weighted by atomic mass is 16.3. The Labute approximate surface area is 116 Å². The van der Waals surface area contributed by atoms with Gasteiger partial charge in [0.15, 0.2) is 0 Å². The van der Waals surface area contributed by atoms with Gasteiger partial charge in [-0.25, -0.2) is 0 Å². The van der Waals surface area contributed by atoms with E-state index in [0.717, 1.165) is 12.1 Å². The first-order valence-corrected chi connectivity index (χ1v) is 7.78. The van der Waals surface area contributed by atoms with Gasteiger partial charge in [0.05, 0.1) is 0 Å². The van der Waals surface area contributed by atoms with E-state index < -0.39 is 0 Å². The molecule has 19 heavy (non-hydrogen) atoms. The van der Waals surface area contributed by atoms with Crippen LogP contribution in [0.25, 0.3) is 0 Å². The highest BCUT2D eigenvalue weighted by Crippen LogP contribution is 2.48. The third-order valence-corrected chi connectivity index (χ3v) is 5.28. The number of phenolic OH excluding ortho intramolecular Hbond substituents is 1. The van der Waals surface area contributed by atoms with Crippen LogP contribution >= 0.6 is 0 Å². The monoisotopic (exact) mass is 259 g/mol. The molecule has 0 aromatic heterocycles. The normalized spacial score (nSPS) is 22.9. The summed E-state index contributed by atoms with van der Waals surface area (Å²) in [6, 6.07) is 8.29. The van der Waals surface area contributed by atoms with Crippen molar-refractivity contribution in [3.63, 3.8) is 0 Å². The summed E-state index contributed by atoms with van der Waals surface area (Å²) >= 11 is 0. The van der Waals surface area contributed by atoms with Crippen LogP contribution < -0.4 is 5.32 Å². The smallest absolute Gasteiger partial charge is 0.120 e. The molecule has 2 fully saturated rings. The second-order valence-corrected chi connectivity index (χ2v) is 6.49. The average molecular weight is 259 g/mol. The van der Waals surface area contributed by atoms with Crippen molar-refractivity contribution in [3.8, 4) is 5.75 Å². The van der Waals surface area contributed by atoms with Gasteiger partial charge >= 0.3 is 0 Å². The zero-order chi connectivity index (χ0) is 13.1. The summed E-state index contributed by atoms with van der Waals surface area (Å²) in [5.74, 6) is 0.415. The van der Waals surface area contributed by atoms with Gasteiger partial charge in [-0.05, 0) is 50.0 Å². The lowest BCUT2D eigenvalue weighted by atomic mass is 9.71. The molecule has 2 nitrogen and oxygen atoms in total. The van der Waals surface area contributed by atoms with Gasteiger partial charge < -0.3 is 10.4 Å². The molecule has 1 aromatic rings. The molecule has 1 spiro atoms. The molecule has 0 atom stereocenters. The Kier molecular flexibility index (Phi) is 3.79. The molecule has 0 radical (unpaired) electrons.